The molecule has 0 spiro atoms. The molecule has 1 aromatic heterocycles. The van der Waals surface area contributed by atoms with Gasteiger partial charge in [0.2, 0.25) is 5.88 Å². The smallest absolute Gasteiger partial charge is 0.416 e. The van der Waals surface area contributed by atoms with Crippen molar-refractivity contribution in [1.82, 2.24) is 10.3 Å². The fraction of sp³-hybridized carbons (Fsp3) is 0.276. The van der Waals surface area contributed by atoms with Crippen LogP contribution in [-0.4, -0.2) is 36.2 Å². The van der Waals surface area contributed by atoms with E-state index in [9.17, 15) is 27.2 Å². The number of benzene rings is 2. The predicted molar refractivity (Wildman–Crippen MR) is 153 cm³/mol. The van der Waals surface area contributed by atoms with Crippen LogP contribution in [0.2, 0.25) is 0 Å². The van der Waals surface area contributed by atoms with Gasteiger partial charge in [-0.15, -0.1) is 0 Å². The van der Waals surface area contributed by atoms with Crippen LogP contribution in [0.4, 0.5) is 39.4 Å². The number of hydrogen-bond acceptors (Lipinski definition) is 6. The van der Waals surface area contributed by atoms with Crippen LogP contribution in [0.3, 0.4) is 0 Å². The zero-order valence-corrected chi connectivity index (χ0v) is 24.6. The van der Waals surface area contributed by atoms with Crippen LogP contribution >= 0.6 is 15.9 Å². The molecule has 0 bridgehead atoms. The zero-order chi connectivity index (χ0) is 31.1. The van der Waals surface area contributed by atoms with Gasteiger partial charge in [0.1, 0.15) is 17.1 Å². The second-order valence-electron chi connectivity index (χ2n) is 9.69. The van der Waals surface area contributed by atoms with Crippen molar-refractivity contribution in [3.63, 3.8) is 0 Å². The molecule has 0 saturated carbocycles. The number of aromatic nitrogens is 1. The molecule has 13 heteroatoms. The van der Waals surface area contributed by atoms with Gasteiger partial charge >= 0.3 is 12.3 Å². The SMILES string of the molecule is COc1ccc(NC(=O)c2cc(C(F)(F)F)ccc2Nc2ccc(F)cc2Br)c(C#CCCNC(=O)OC(C)(C)C)n1. The van der Waals surface area contributed by atoms with Gasteiger partial charge in [-0.05, 0) is 85.1 Å². The van der Waals surface area contributed by atoms with E-state index in [-0.39, 0.29) is 41.5 Å². The Morgan fingerprint density at radius 3 is 2.33 bits per heavy atom. The Morgan fingerprint density at radius 1 is 1.00 bits per heavy atom. The van der Waals surface area contributed by atoms with Crippen LogP contribution in [0.25, 0.3) is 0 Å². The van der Waals surface area contributed by atoms with E-state index in [4.69, 9.17) is 9.47 Å². The Balaban J connectivity index is 1.87. The van der Waals surface area contributed by atoms with E-state index in [1.54, 1.807) is 20.8 Å². The number of halogens is 5. The molecule has 1 heterocycles. The lowest BCUT2D eigenvalue weighted by Gasteiger charge is -2.19. The summed E-state index contributed by atoms with van der Waals surface area (Å²) in [6.45, 7) is 5.37. The Kier molecular flexibility index (Phi) is 10.4. The van der Waals surface area contributed by atoms with Crippen molar-refractivity contribution in [2.75, 3.05) is 24.3 Å². The van der Waals surface area contributed by atoms with Gasteiger partial charge in [-0.1, -0.05) is 5.92 Å². The van der Waals surface area contributed by atoms with Crippen LogP contribution in [-0.2, 0) is 10.9 Å². The molecule has 2 aromatic carbocycles. The van der Waals surface area contributed by atoms with Gasteiger partial charge in [-0.25, -0.2) is 14.2 Å². The van der Waals surface area contributed by atoms with Gasteiger partial charge in [0.25, 0.3) is 5.91 Å². The fourth-order valence-electron chi connectivity index (χ4n) is 3.38. The summed E-state index contributed by atoms with van der Waals surface area (Å²) in [6, 6.07) is 9.25. The molecular weight excluding hydrogens is 624 g/mol. The minimum Gasteiger partial charge on any atom is -0.481 e. The molecular formula is C29H27BrF4N4O4. The summed E-state index contributed by atoms with van der Waals surface area (Å²) >= 11 is 3.20. The maximum Gasteiger partial charge on any atom is 0.416 e. The Hall–Kier alpha value is -4.31. The van der Waals surface area contributed by atoms with Crippen molar-refractivity contribution in [1.29, 1.82) is 0 Å². The molecule has 0 aliphatic rings. The van der Waals surface area contributed by atoms with E-state index in [2.05, 4.69) is 48.7 Å². The number of rotatable bonds is 7. The molecule has 0 saturated heterocycles. The lowest BCUT2D eigenvalue weighted by molar-refractivity contribution is -0.137. The number of anilines is 3. The molecule has 3 aromatic rings. The lowest BCUT2D eigenvalue weighted by atomic mass is 10.1. The van der Waals surface area contributed by atoms with Crippen molar-refractivity contribution in [3.8, 4) is 17.7 Å². The summed E-state index contributed by atoms with van der Waals surface area (Å²) in [6.07, 6.45) is -5.11. The summed E-state index contributed by atoms with van der Waals surface area (Å²) < 4.78 is 64.7. The maximum atomic E-state index is 13.5. The number of methoxy groups -OCH3 is 1. The number of amides is 2. The minimum absolute atomic E-state index is 0.0372. The van der Waals surface area contributed by atoms with E-state index < -0.39 is 35.2 Å². The Labute approximate surface area is 248 Å². The first-order valence-electron chi connectivity index (χ1n) is 12.4. The largest absolute Gasteiger partial charge is 0.481 e. The molecule has 0 aliphatic heterocycles. The number of nitrogens with zero attached hydrogens (tertiary/aromatic N) is 1. The van der Waals surface area contributed by atoms with Gasteiger partial charge in [0.15, 0.2) is 0 Å². The fourth-order valence-corrected chi connectivity index (χ4v) is 3.83. The van der Waals surface area contributed by atoms with Gasteiger partial charge < -0.3 is 25.4 Å². The molecule has 0 atom stereocenters. The first-order valence-corrected chi connectivity index (χ1v) is 13.2. The van der Waals surface area contributed by atoms with Gasteiger partial charge in [0, 0.05) is 23.5 Å². The van der Waals surface area contributed by atoms with Crippen molar-refractivity contribution in [3.05, 3.63) is 75.6 Å². The highest BCUT2D eigenvalue weighted by Crippen LogP contribution is 2.34. The van der Waals surface area contributed by atoms with Gasteiger partial charge in [0.05, 0.1) is 35.3 Å². The van der Waals surface area contributed by atoms with Crippen molar-refractivity contribution >= 4 is 45.0 Å². The average Bonchev–Trinajstić information content (AvgIpc) is 2.89. The monoisotopic (exact) mass is 650 g/mol. The summed E-state index contributed by atoms with van der Waals surface area (Å²) in [5, 5.41) is 8.00. The number of nitrogens with one attached hydrogen (secondary N) is 3. The van der Waals surface area contributed by atoms with E-state index in [1.807, 2.05) is 0 Å². The molecule has 3 rings (SSSR count). The number of alkyl carbamates (subject to hydrolysis) is 1. The molecule has 222 valence electrons. The topological polar surface area (TPSA) is 102 Å². The first-order chi connectivity index (χ1) is 19.7. The normalized spacial score (nSPS) is 11.2. The third-order valence-corrected chi connectivity index (χ3v) is 5.90. The summed E-state index contributed by atoms with van der Waals surface area (Å²) in [7, 11) is 1.39. The van der Waals surface area contributed by atoms with E-state index >= 15 is 0 Å². The number of hydrogen-bond donors (Lipinski definition) is 3. The maximum absolute atomic E-state index is 13.5. The van der Waals surface area contributed by atoms with Crippen molar-refractivity contribution in [2.24, 2.45) is 0 Å². The number of carbonyl (C=O) groups excluding carboxylic acids is 2. The zero-order valence-electron chi connectivity index (χ0n) is 23.0. The molecule has 0 aliphatic carbocycles. The van der Waals surface area contributed by atoms with Crippen LogP contribution < -0.4 is 20.7 Å². The van der Waals surface area contributed by atoms with E-state index in [1.165, 1.54) is 31.4 Å². The summed E-state index contributed by atoms with van der Waals surface area (Å²) in [4.78, 5) is 29.4. The van der Waals surface area contributed by atoms with Gasteiger partial charge in [-0.3, -0.25) is 4.79 Å². The number of ether oxygens (including phenoxy) is 2. The van der Waals surface area contributed by atoms with Crippen LogP contribution in [0, 0.1) is 17.7 Å². The molecule has 2 amide bonds. The number of alkyl halides is 3. The van der Waals surface area contributed by atoms with E-state index in [0.29, 0.717) is 16.2 Å². The lowest BCUT2D eigenvalue weighted by Crippen LogP contribution is -2.32. The van der Waals surface area contributed by atoms with Crippen molar-refractivity contribution in [2.45, 2.75) is 39.0 Å². The van der Waals surface area contributed by atoms with Crippen molar-refractivity contribution < 1.29 is 36.6 Å². The second-order valence-corrected chi connectivity index (χ2v) is 10.5. The van der Waals surface area contributed by atoms with Crippen LogP contribution in [0.15, 0.2) is 53.0 Å². The van der Waals surface area contributed by atoms with E-state index in [0.717, 1.165) is 18.2 Å². The highest BCUT2D eigenvalue weighted by molar-refractivity contribution is 9.10. The molecule has 0 fully saturated rings. The van der Waals surface area contributed by atoms with Crippen LogP contribution in [0.5, 0.6) is 5.88 Å². The third kappa shape index (κ3) is 9.37. The highest BCUT2D eigenvalue weighted by atomic mass is 79.9. The summed E-state index contributed by atoms with van der Waals surface area (Å²) in [5.74, 6) is 4.38. The first kappa shape index (κ1) is 32.2. The average molecular weight is 651 g/mol. The minimum atomic E-state index is -4.71. The quantitative estimate of drug-likeness (QED) is 0.141. The number of pyridine rings is 1. The van der Waals surface area contributed by atoms with Gasteiger partial charge in [-0.2, -0.15) is 13.2 Å². The molecule has 3 N–H and O–H groups in total. The molecule has 0 radical (unpaired) electrons. The molecule has 8 nitrogen and oxygen atoms in total. The summed E-state index contributed by atoms with van der Waals surface area (Å²) in [5.41, 5.74) is -1.47. The molecule has 42 heavy (non-hydrogen) atoms. The third-order valence-electron chi connectivity index (χ3n) is 5.24. The standard InChI is InChI=1S/C29H27BrF4N4O4/c1-28(2,3)42-27(40)35-14-6-5-7-23-24(12-13-25(37-23)41-4)38-26(39)19-15-17(29(32,33)34)8-10-21(19)36-22-11-9-18(31)16-20(22)30/h8-13,15-16,36H,6,14H2,1-4H3,(H,35,40)(H,38,39). The Bertz CT molecular complexity index is 1530. The van der Waals surface area contributed by atoms with Crippen LogP contribution in [0.1, 0.15) is 48.8 Å². The Morgan fingerprint density at radius 2 is 1.69 bits per heavy atom. The number of carbonyl (C=O) groups is 2. The molecule has 0 unspecified atom stereocenters. The second kappa shape index (κ2) is 13.6. The highest BCUT2D eigenvalue weighted by Gasteiger charge is 2.32. The predicted octanol–water partition coefficient (Wildman–Crippen LogP) is 7.27.